The monoisotopic (exact) mass is 470 g/mol. The van der Waals surface area contributed by atoms with E-state index < -0.39 is 11.6 Å². The van der Waals surface area contributed by atoms with Crippen molar-refractivity contribution in [2.24, 2.45) is 29.6 Å². The number of ether oxygens (including phenoxy) is 1. The van der Waals surface area contributed by atoms with Crippen molar-refractivity contribution in [2.45, 2.75) is 96.8 Å². The first kappa shape index (κ1) is 25.5. The van der Waals surface area contributed by atoms with Gasteiger partial charge in [-0.05, 0) is 132 Å². The lowest BCUT2D eigenvalue weighted by atomic mass is 9.60. The topological polar surface area (TPSA) is 9.23 Å². The number of benzene rings is 1. The Balaban J connectivity index is 1.27. The van der Waals surface area contributed by atoms with Crippen molar-refractivity contribution < 1.29 is 13.5 Å². The van der Waals surface area contributed by atoms with Gasteiger partial charge in [0.2, 0.25) is 5.82 Å². The van der Waals surface area contributed by atoms with Crippen LogP contribution in [0.4, 0.5) is 8.78 Å². The van der Waals surface area contributed by atoms with Crippen LogP contribution in [0.3, 0.4) is 0 Å². The van der Waals surface area contributed by atoms with Crippen molar-refractivity contribution in [2.75, 3.05) is 6.61 Å². The summed E-state index contributed by atoms with van der Waals surface area (Å²) in [6.45, 7) is 4.26. The molecule has 3 aliphatic carbocycles. The van der Waals surface area contributed by atoms with Crippen LogP contribution in [0.15, 0.2) is 36.4 Å². The Morgan fingerprint density at radius 1 is 0.765 bits per heavy atom. The summed E-state index contributed by atoms with van der Waals surface area (Å²) in [5, 5.41) is 0. The largest absolute Gasteiger partial charge is 0.486 e. The summed E-state index contributed by atoms with van der Waals surface area (Å²) >= 11 is 0. The standard InChI is InChI=1S/C31H44F2O/c1-3-5-7-8-22-9-10-27-21-26(16-15-25(27)20-22)23-11-13-24(14-12-23)28-17-18-29(31(33)30(28)32)34-19-6-4-2/h3-6,17-18,22-27H,7-16,19-21H2,1-2H3/b5-3+,6-4+. The van der Waals surface area contributed by atoms with Crippen LogP contribution in [0.25, 0.3) is 0 Å². The Morgan fingerprint density at radius 2 is 1.41 bits per heavy atom. The minimum atomic E-state index is -0.830. The Morgan fingerprint density at radius 3 is 2.15 bits per heavy atom. The maximum Gasteiger partial charge on any atom is 0.200 e. The molecule has 1 aromatic carbocycles. The maximum atomic E-state index is 14.8. The summed E-state index contributed by atoms with van der Waals surface area (Å²) in [5.41, 5.74) is 0.550. The van der Waals surface area contributed by atoms with E-state index in [1.807, 2.05) is 13.0 Å². The number of fused-ring (bicyclic) bond motifs is 1. The number of hydrogen-bond acceptors (Lipinski definition) is 1. The van der Waals surface area contributed by atoms with Crippen LogP contribution in [-0.4, -0.2) is 6.61 Å². The van der Waals surface area contributed by atoms with Gasteiger partial charge in [0.05, 0.1) is 0 Å². The Labute approximate surface area is 206 Å². The molecule has 0 radical (unpaired) electrons. The molecule has 4 rings (SSSR count). The van der Waals surface area contributed by atoms with E-state index in [4.69, 9.17) is 4.74 Å². The van der Waals surface area contributed by atoms with Gasteiger partial charge in [-0.2, -0.15) is 4.39 Å². The van der Waals surface area contributed by atoms with Crippen molar-refractivity contribution in [3.05, 3.63) is 53.6 Å². The highest BCUT2D eigenvalue weighted by molar-refractivity contribution is 5.33. The maximum absolute atomic E-state index is 14.8. The van der Waals surface area contributed by atoms with Gasteiger partial charge in [0.25, 0.3) is 0 Å². The highest BCUT2D eigenvalue weighted by Crippen LogP contribution is 2.50. The molecule has 0 spiro atoms. The van der Waals surface area contributed by atoms with Gasteiger partial charge in [-0.25, -0.2) is 4.39 Å². The molecule has 3 saturated carbocycles. The van der Waals surface area contributed by atoms with E-state index in [1.54, 1.807) is 18.2 Å². The first-order valence-corrected chi connectivity index (χ1v) is 13.9. The lowest BCUT2D eigenvalue weighted by Crippen LogP contribution is -2.34. The molecule has 0 heterocycles. The molecule has 3 aliphatic rings. The lowest BCUT2D eigenvalue weighted by Gasteiger charge is -2.45. The van der Waals surface area contributed by atoms with Crippen LogP contribution in [-0.2, 0) is 0 Å². The SMILES string of the molecule is C/C=C/CCC1CCC2CC(C3CCC(c4ccc(OC/C=C/C)c(F)c4F)CC3)CCC2C1. The van der Waals surface area contributed by atoms with E-state index >= 15 is 0 Å². The van der Waals surface area contributed by atoms with E-state index in [9.17, 15) is 8.78 Å². The predicted octanol–water partition coefficient (Wildman–Crippen LogP) is 9.38. The van der Waals surface area contributed by atoms with Crippen LogP contribution in [0.1, 0.15) is 102 Å². The van der Waals surface area contributed by atoms with Gasteiger partial charge in [0.1, 0.15) is 6.61 Å². The smallest absolute Gasteiger partial charge is 0.200 e. The molecule has 4 atom stereocenters. The molecule has 1 aromatic rings. The third-order valence-electron chi connectivity index (χ3n) is 9.27. The second-order valence-corrected chi connectivity index (χ2v) is 11.2. The second-order valence-electron chi connectivity index (χ2n) is 11.2. The minimum Gasteiger partial charge on any atom is -0.486 e. The number of halogens is 2. The molecule has 4 unspecified atom stereocenters. The normalized spacial score (nSPS) is 32.2. The van der Waals surface area contributed by atoms with Crippen LogP contribution >= 0.6 is 0 Å². The summed E-state index contributed by atoms with van der Waals surface area (Å²) in [6, 6.07) is 3.37. The van der Waals surface area contributed by atoms with Gasteiger partial charge >= 0.3 is 0 Å². The first-order chi connectivity index (χ1) is 16.6. The molecule has 34 heavy (non-hydrogen) atoms. The van der Waals surface area contributed by atoms with Crippen molar-refractivity contribution in [3.63, 3.8) is 0 Å². The van der Waals surface area contributed by atoms with Gasteiger partial charge in [-0.1, -0.05) is 36.8 Å². The molecule has 0 aliphatic heterocycles. The zero-order chi connectivity index (χ0) is 23.9. The first-order valence-electron chi connectivity index (χ1n) is 13.9. The average molecular weight is 471 g/mol. The van der Waals surface area contributed by atoms with Gasteiger partial charge < -0.3 is 4.74 Å². The Hall–Kier alpha value is -1.64. The minimum absolute atomic E-state index is 0.0151. The van der Waals surface area contributed by atoms with Crippen molar-refractivity contribution in [1.82, 2.24) is 0 Å². The van der Waals surface area contributed by atoms with Gasteiger partial charge in [-0.15, -0.1) is 0 Å². The zero-order valence-corrected chi connectivity index (χ0v) is 21.3. The second kappa shape index (κ2) is 12.4. The van der Waals surface area contributed by atoms with Crippen molar-refractivity contribution >= 4 is 0 Å². The van der Waals surface area contributed by atoms with E-state index in [1.165, 1.54) is 64.2 Å². The fraction of sp³-hybridized carbons (Fsp3) is 0.677. The Bertz CT molecular complexity index is 836. The van der Waals surface area contributed by atoms with E-state index in [-0.39, 0.29) is 18.3 Å². The molecule has 0 aromatic heterocycles. The highest BCUT2D eigenvalue weighted by Gasteiger charge is 2.39. The van der Waals surface area contributed by atoms with Crippen molar-refractivity contribution in [3.8, 4) is 5.75 Å². The molecule has 188 valence electrons. The molecule has 0 N–H and O–H groups in total. The van der Waals surface area contributed by atoms with E-state index in [0.29, 0.717) is 5.56 Å². The van der Waals surface area contributed by atoms with Crippen LogP contribution in [0, 0.1) is 41.2 Å². The van der Waals surface area contributed by atoms with Crippen LogP contribution in [0.5, 0.6) is 5.75 Å². The van der Waals surface area contributed by atoms with Crippen LogP contribution in [0.2, 0.25) is 0 Å². The summed E-state index contributed by atoms with van der Waals surface area (Å²) in [5.74, 6) is 3.10. The fourth-order valence-corrected chi connectivity index (χ4v) is 7.32. The average Bonchev–Trinajstić information content (AvgIpc) is 2.87. The molecule has 3 fully saturated rings. The summed E-state index contributed by atoms with van der Waals surface area (Å²) in [6.07, 6.45) is 23.6. The third-order valence-corrected chi connectivity index (χ3v) is 9.27. The summed E-state index contributed by atoms with van der Waals surface area (Å²) in [4.78, 5) is 0. The molecular weight excluding hydrogens is 426 g/mol. The summed E-state index contributed by atoms with van der Waals surface area (Å²) < 4.78 is 34.8. The predicted molar refractivity (Wildman–Crippen MR) is 137 cm³/mol. The molecule has 3 heteroatoms. The van der Waals surface area contributed by atoms with Crippen molar-refractivity contribution in [1.29, 1.82) is 0 Å². The van der Waals surface area contributed by atoms with E-state index in [2.05, 4.69) is 19.1 Å². The van der Waals surface area contributed by atoms with Crippen LogP contribution < -0.4 is 4.74 Å². The fourth-order valence-electron chi connectivity index (χ4n) is 7.32. The number of allylic oxidation sites excluding steroid dienone is 3. The Kier molecular flexibility index (Phi) is 9.25. The third kappa shape index (κ3) is 6.13. The highest BCUT2D eigenvalue weighted by atomic mass is 19.2. The molecule has 0 bridgehead atoms. The zero-order valence-electron chi connectivity index (χ0n) is 21.3. The van der Waals surface area contributed by atoms with Gasteiger partial charge in [0.15, 0.2) is 11.6 Å². The van der Waals surface area contributed by atoms with E-state index in [0.717, 1.165) is 42.4 Å². The van der Waals surface area contributed by atoms with Gasteiger partial charge in [0, 0.05) is 0 Å². The molecular formula is C31H44F2O. The number of hydrogen-bond donors (Lipinski definition) is 0. The quantitative estimate of drug-likeness (QED) is 0.344. The summed E-state index contributed by atoms with van der Waals surface area (Å²) in [7, 11) is 0. The molecule has 0 saturated heterocycles. The van der Waals surface area contributed by atoms with Gasteiger partial charge in [-0.3, -0.25) is 0 Å². The lowest BCUT2D eigenvalue weighted by molar-refractivity contribution is 0.0620. The number of rotatable bonds is 8. The molecule has 1 nitrogen and oxygen atoms in total. The molecule has 0 amide bonds.